The van der Waals surface area contributed by atoms with Crippen molar-refractivity contribution in [1.82, 2.24) is 0 Å². The first kappa shape index (κ1) is 8.79. The molecule has 1 aliphatic heterocycles. The largest absolute Gasteiger partial charge is 0.161 e. The highest BCUT2D eigenvalue weighted by atomic mass is 32.2. The van der Waals surface area contributed by atoms with E-state index in [0.29, 0.717) is 0 Å². The zero-order chi connectivity index (χ0) is 7.40. The summed E-state index contributed by atoms with van der Waals surface area (Å²) in [6.07, 6.45) is 1.39. The molecule has 0 spiro atoms. The highest BCUT2D eigenvalue weighted by Gasteiger charge is 2.21. The maximum atomic E-state index is 2.30. The maximum absolute atomic E-state index is 2.30. The van der Waals surface area contributed by atoms with Crippen molar-refractivity contribution in [2.75, 3.05) is 17.3 Å². The first-order valence-corrected chi connectivity index (χ1v) is 6.18. The zero-order valence-corrected chi connectivity index (χ0v) is 8.43. The second-order valence-corrected chi connectivity index (χ2v) is 5.70. The van der Waals surface area contributed by atoms with Gasteiger partial charge in [0.1, 0.15) is 0 Å². The van der Waals surface area contributed by atoms with E-state index in [2.05, 4.69) is 37.4 Å². The second kappa shape index (κ2) is 4.55. The highest BCUT2D eigenvalue weighted by Crippen LogP contribution is 2.33. The molecule has 1 atom stereocenters. The van der Waals surface area contributed by atoms with Crippen molar-refractivity contribution < 1.29 is 0 Å². The summed E-state index contributed by atoms with van der Waals surface area (Å²) < 4.78 is 0. The molecule has 1 saturated heterocycles. The smallest absolute Gasteiger partial charge is 0.0229 e. The average Bonchev–Trinajstić information content (AvgIpc) is 2.62. The lowest BCUT2D eigenvalue weighted by molar-refractivity contribution is 0.632. The minimum atomic E-state index is 0.888. The Morgan fingerprint density at radius 3 is 2.80 bits per heavy atom. The van der Waals surface area contributed by atoms with Crippen LogP contribution in [0.3, 0.4) is 0 Å². The fraction of sp³-hybridized carbons (Fsp3) is 1.00. The van der Waals surface area contributed by atoms with E-state index in [4.69, 9.17) is 0 Å². The lowest BCUT2D eigenvalue weighted by atomic mass is 10.2. The molecule has 1 fully saturated rings. The Morgan fingerprint density at radius 2 is 2.30 bits per heavy atom. The highest BCUT2D eigenvalue weighted by molar-refractivity contribution is 8.08. The van der Waals surface area contributed by atoms with Crippen LogP contribution in [-0.2, 0) is 0 Å². The third-order valence-electron chi connectivity index (χ3n) is 1.55. The van der Waals surface area contributed by atoms with E-state index < -0.39 is 0 Å². The van der Waals surface area contributed by atoms with Crippen LogP contribution in [0.1, 0.15) is 20.3 Å². The minimum absolute atomic E-state index is 0.888. The topological polar surface area (TPSA) is 0 Å². The summed E-state index contributed by atoms with van der Waals surface area (Å²) in [5.41, 5.74) is 0. The molecule has 0 bridgehead atoms. The molecular weight excluding hydrogens is 160 g/mol. The van der Waals surface area contributed by atoms with Crippen LogP contribution in [-0.4, -0.2) is 22.5 Å². The van der Waals surface area contributed by atoms with Gasteiger partial charge in [0.2, 0.25) is 0 Å². The van der Waals surface area contributed by atoms with E-state index >= 15 is 0 Å². The van der Waals surface area contributed by atoms with Gasteiger partial charge in [0.05, 0.1) is 0 Å². The maximum Gasteiger partial charge on any atom is 0.0229 e. The first-order valence-electron chi connectivity index (χ1n) is 3.98. The van der Waals surface area contributed by atoms with Crippen LogP contribution in [0.15, 0.2) is 0 Å². The fourth-order valence-electron chi connectivity index (χ4n) is 0.698. The van der Waals surface area contributed by atoms with Crippen molar-refractivity contribution in [2.24, 2.45) is 5.92 Å². The van der Waals surface area contributed by atoms with Gasteiger partial charge in [-0.3, -0.25) is 0 Å². The van der Waals surface area contributed by atoms with Gasteiger partial charge in [-0.25, -0.2) is 0 Å². The Balaban J connectivity index is 1.76. The van der Waals surface area contributed by atoms with Crippen molar-refractivity contribution in [3.8, 4) is 0 Å². The predicted molar refractivity (Wildman–Crippen MR) is 53.0 cm³/mol. The number of rotatable bonds is 5. The Labute approximate surface area is 72.5 Å². The van der Waals surface area contributed by atoms with Crippen LogP contribution in [0.25, 0.3) is 0 Å². The van der Waals surface area contributed by atoms with Gasteiger partial charge in [-0.1, -0.05) is 13.8 Å². The van der Waals surface area contributed by atoms with Crippen LogP contribution in [0.4, 0.5) is 0 Å². The molecule has 0 N–H and O–H groups in total. The number of thioether (sulfide) groups is 2. The van der Waals surface area contributed by atoms with Gasteiger partial charge in [-0.05, 0) is 18.1 Å². The summed E-state index contributed by atoms with van der Waals surface area (Å²) in [4.78, 5) is 0. The monoisotopic (exact) mass is 176 g/mol. The zero-order valence-electron chi connectivity index (χ0n) is 6.80. The van der Waals surface area contributed by atoms with Crippen molar-refractivity contribution in [1.29, 1.82) is 0 Å². The van der Waals surface area contributed by atoms with E-state index in [-0.39, 0.29) is 0 Å². The third-order valence-corrected chi connectivity index (χ3v) is 3.89. The van der Waals surface area contributed by atoms with E-state index in [1.54, 1.807) is 0 Å². The lowest BCUT2D eigenvalue weighted by Crippen LogP contribution is -1.93. The van der Waals surface area contributed by atoms with Gasteiger partial charge in [0.15, 0.2) is 0 Å². The molecule has 2 heteroatoms. The second-order valence-electron chi connectivity index (χ2n) is 3.21. The third kappa shape index (κ3) is 4.51. The summed E-state index contributed by atoms with van der Waals surface area (Å²) in [7, 11) is 0. The minimum Gasteiger partial charge on any atom is -0.161 e. The summed E-state index contributed by atoms with van der Waals surface area (Å²) in [6.45, 7) is 4.60. The van der Waals surface area contributed by atoms with E-state index in [9.17, 15) is 0 Å². The summed E-state index contributed by atoms with van der Waals surface area (Å²) in [5.74, 6) is 5.08. The van der Waals surface area contributed by atoms with Gasteiger partial charge in [0.25, 0.3) is 0 Å². The predicted octanol–water partition coefficient (Wildman–Crippen LogP) is 2.88. The summed E-state index contributed by atoms with van der Waals surface area (Å²) in [6, 6.07) is 0. The summed E-state index contributed by atoms with van der Waals surface area (Å²) in [5, 5.41) is 1.03. The van der Waals surface area contributed by atoms with E-state index in [1.807, 2.05) is 0 Å². The van der Waals surface area contributed by atoms with Gasteiger partial charge in [-0.15, -0.1) is 0 Å². The molecule has 1 unspecified atom stereocenters. The van der Waals surface area contributed by atoms with Gasteiger partial charge in [0, 0.05) is 16.8 Å². The number of hydrogen-bond acceptors (Lipinski definition) is 2. The van der Waals surface area contributed by atoms with Crippen LogP contribution >= 0.6 is 23.5 Å². The lowest BCUT2D eigenvalue weighted by Gasteiger charge is -2.02. The molecule has 1 aliphatic rings. The molecule has 0 aliphatic carbocycles. The van der Waals surface area contributed by atoms with Crippen molar-refractivity contribution in [3.05, 3.63) is 0 Å². The average molecular weight is 176 g/mol. The standard InChI is InChI=1S/C8H16S2/c1-7(2)3-4-9-5-8-6-10-8/h7-8H,3-6H2,1-2H3. The molecule has 0 aromatic rings. The van der Waals surface area contributed by atoms with Gasteiger partial charge in [-0.2, -0.15) is 23.5 Å². The molecular formula is C8H16S2. The van der Waals surface area contributed by atoms with Crippen LogP contribution in [0.5, 0.6) is 0 Å². The summed E-state index contributed by atoms with van der Waals surface area (Å²) >= 11 is 4.24. The molecule has 0 nitrogen and oxygen atoms in total. The van der Waals surface area contributed by atoms with Crippen LogP contribution in [0.2, 0.25) is 0 Å². The van der Waals surface area contributed by atoms with Crippen LogP contribution < -0.4 is 0 Å². The Bertz CT molecular complexity index is 83.3. The SMILES string of the molecule is CC(C)CCSCC1CS1. The Kier molecular flexibility index (Phi) is 4.00. The molecule has 0 aromatic carbocycles. The molecule has 1 rings (SSSR count). The Hall–Kier alpha value is 0.700. The molecule has 0 aromatic heterocycles. The van der Waals surface area contributed by atoms with Crippen molar-refractivity contribution in [2.45, 2.75) is 25.5 Å². The van der Waals surface area contributed by atoms with E-state index in [0.717, 1.165) is 11.2 Å². The van der Waals surface area contributed by atoms with E-state index in [1.165, 1.54) is 23.7 Å². The first-order chi connectivity index (χ1) is 4.79. The molecule has 1 heterocycles. The van der Waals surface area contributed by atoms with Crippen molar-refractivity contribution in [3.63, 3.8) is 0 Å². The molecule has 0 radical (unpaired) electrons. The van der Waals surface area contributed by atoms with Gasteiger partial charge >= 0.3 is 0 Å². The molecule has 0 saturated carbocycles. The molecule has 10 heavy (non-hydrogen) atoms. The molecule has 0 amide bonds. The quantitative estimate of drug-likeness (QED) is 0.467. The number of hydrogen-bond donors (Lipinski definition) is 0. The Morgan fingerprint density at radius 1 is 1.60 bits per heavy atom. The van der Waals surface area contributed by atoms with Crippen molar-refractivity contribution >= 4 is 23.5 Å². The van der Waals surface area contributed by atoms with Gasteiger partial charge < -0.3 is 0 Å². The molecule has 60 valence electrons. The normalized spacial score (nSPS) is 23.7. The van der Waals surface area contributed by atoms with Crippen LogP contribution in [0, 0.1) is 5.92 Å². The fourth-order valence-corrected chi connectivity index (χ4v) is 2.96.